The van der Waals surface area contributed by atoms with Crippen molar-refractivity contribution >= 4 is 64.0 Å². The van der Waals surface area contributed by atoms with E-state index in [1.165, 1.54) is 29.5 Å². The van der Waals surface area contributed by atoms with Gasteiger partial charge in [-0.25, -0.2) is 0 Å². The van der Waals surface area contributed by atoms with Crippen LogP contribution in [0.2, 0.25) is 5.02 Å². The topological polar surface area (TPSA) is 140 Å². The minimum atomic E-state index is -0.484. The van der Waals surface area contributed by atoms with E-state index < -0.39 is 4.92 Å². The Morgan fingerprint density at radius 3 is 2.56 bits per heavy atom. The average Bonchev–Trinajstić information content (AvgIpc) is 3.62. The molecule has 1 aliphatic heterocycles. The molecule has 4 aromatic rings. The summed E-state index contributed by atoms with van der Waals surface area (Å²) in [5.74, 6) is 0.286. The highest BCUT2D eigenvalue weighted by atomic mass is 35.5. The van der Waals surface area contributed by atoms with Crippen LogP contribution in [0.25, 0.3) is 6.08 Å². The lowest BCUT2D eigenvalue weighted by Gasteiger charge is -2.12. The van der Waals surface area contributed by atoms with Gasteiger partial charge in [0.2, 0.25) is 0 Å². The van der Waals surface area contributed by atoms with Gasteiger partial charge < -0.3 is 14.5 Å². The van der Waals surface area contributed by atoms with E-state index in [4.69, 9.17) is 20.8 Å². The van der Waals surface area contributed by atoms with Crippen molar-refractivity contribution in [1.82, 2.24) is 4.90 Å². The number of thioether (sulfide) groups is 1. The summed E-state index contributed by atoms with van der Waals surface area (Å²) in [5, 5.41) is 22.9. The van der Waals surface area contributed by atoms with E-state index in [9.17, 15) is 19.7 Å². The molecule has 43 heavy (non-hydrogen) atoms. The highest BCUT2D eigenvalue weighted by Crippen LogP contribution is 2.35. The van der Waals surface area contributed by atoms with Gasteiger partial charge in [0.25, 0.3) is 17.5 Å². The summed E-state index contributed by atoms with van der Waals surface area (Å²) in [7, 11) is 0. The van der Waals surface area contributed by atoms with Crippen LogP contribution in [0.5, 0.6) is 5.75 Å². The molecule has 1 N–H and O–H groups in total. The number of hydrogen-bond donors (Lipinski definition) is 1. The van der Waals surface area contributed by atoms with Gasteiger partial charge in [0.05, 0.1) is 28.9 Å². The fourth-order valence-electron chi connectivity index (χ4n) is 3.85. The van der Waals surface area contributed by atoms with E-state index in [2.05, 4.69) is 15.5 Å². The third-order valence-electron chi connectivity index (χ3n) is 5.93. The largest absolute Gasteiger partial charge is 0.483 e. The number of amidine groups is 1. The summed E-state index contributed by atoms with van der Waals surface area (Å²) in [6.07, 6.45) is 4.61. The number of ether oxygens (including phenoxy) is 1. The first-order valence-corrected chi connectivity index (χ1v) is 13.9. The van der Waals surface area contributed by atoms with Gasteiger partial charge in [-0.05, 0) is 78.0 Å². The molecule has 2 amide bonds. The minimum absolute atomic E-state index is 0.0359. The zero-order valence-corrected chi connectivity index (χ0v) is 23.8. The maximum atomic E-state index is 13.5. The molecule has 3 aromatic carbocycles. The molecule has 0 bridgehead atoms. The maximum absolute atomic E-state index is 13.5. The zero-order valence-electron chi connectivity index (χ0n) is 22.3. The molecule has 0 unspecified atom stereocenters. The molecule has 0 radical (unpaired) electrons. The fourth-order valence-corrected chi connectivity index (χ4v) is 4.91. The van der Waals surface area contributed by atoms with E-state index in [1.807, 2.05) is 0 Å². The molecule has 13 heteroatoms. The molecule has 0 saturated carbocycles. The molecule has 5 rings (SSSR count). The van der Waals surface area contributed by atoms with E-state index in [0.29, 0.717) is 43.4 Å². The van der Waals surface area contributed by atoms with E-state index >= 15 is 0 Å². The molecular weight excluding hydrogens is 594 g/mol. The molecule has 11 nitrogen and oxygen atoms in total. The quantitative estimate of drug-likeness (QED) is 0.0946. The van der Waals surface area contributed by atoms with Gasteiger partial charge in [-0.1, -0.05) is 29.8 Å². The van der Waals surface area contributed by atoms with Gasteiger partial charge in [0, 0.05) is 28.4 Å². The van der Waals surface area contributed by atoms with Crippen molar-refractivity contribution in [3.8, 4) is 5.75 Å². The lowest BCUT2D eigenvalue weighted by atomic mass is 10.2. The number of para-hydroxylation sites is 1. The third-order valence-corrected chi connectivity index (χ3v) is 7.18. The molecule has 0 spiro atoms. The lowest BCUT2D eigenvalue weighted by Crippen LogP contribution is -2.28. The van der Waals surface area contributed by atoms with Crippen molar-refractivity contribution in [3.05, 3.63) is 128 Å². The van der Waals surface area contributed by atoms with E-state index in [-0.39, 0.29) is 30.7 Å². The van der Waals surface area contributed by atoms with Crippen molar-refractivity contribution in [1.29, 1.82) is 0 Å². The Balaban J connectivity index is 1.33. The number of nitrogens with zero attached hydrogens (tertiary/aromatic N) is 4. The molecule has 0 atom stereocenters. The van der Waals surface area contributed by atoms with Crippen molar-refractivity contribution in [3.63, 3.8) is 0 Å². The minimum Gasteiger partial charge on any atom is -0.483 e. The number of carbonyl (C=O) groups excluding carboxylic acids is 2. The fraction of sp³-hybridized carbons (Fsp3) is 0.0667. The Kier molecular flexibility index (Phi) is 9.29. The second kappa shape index (κ2) is 13.6. The summed E-state index contributed by atoms with van der Waals surface area (Å²) in [4.78, 5) is 38.1. The van der Waals surface area contributed by atoms with Crippen molar-refractivity contribution < 1.29 is 23.7 Å². The monoisotopic (exact) mass is 615 g/mol. The normalized spacial score (nSPS) is 15.0. The summed E-state index contributed by atoms with van der Waals surface area (Å²) in [5.41, 5.74) is 1.74. The average molecular weight is 616 g/mol. The smallest absolute Gasteiger partial charge is 0.269 e. The van der Waals surface area contributed by atoms with Crippen LogP contribution in [0.4, 0.5) is 11.4 Å². The standard InChI is InChI=1S/C30H22ClN5O6S/c31-22-9-11-23(12-10-22)33-28(37)19-42-26-6-2-1-4-21(26)16-27-29(38)35(18-25-5-3-15-41-25)30(43-27)34-32-17-20-7-13-24(14-8-20)36(39)40/h1-17H,18-19H2,(H,33,37)/b27-16-,32-17-,34-30+. The van der Waals surface area contributed by atoms with Gasteiger partial charge >= 0.3 is 0 Å². The first-order chi connectivity index (χ1) is 20.9. The van der Waals surface area contributed by atoms with Crippen LogP contribution < -0.4 is 10.1 Å². The second-order valence-electron chi connectivity index (χ2n) is 8.94. The Labute approximate surface area is 254 Å². The number of nitro groups is 1. The maximum Gasteiger partial charge on any atom is 0.269 e. The number of hydrogen-bond acceptors (Lipinski definition) is 9. The summed E-state index contributed by atoms with van der Waals surface area (Å²) in [6.45, 7) is -0.121. The van der Waals surface area contributed by atoms with Crippen LogP contribution in [0.3, 0.4) is 0 Å². The van der Waals surface area contributed by atoms with Gasteiger partial charge in [0.1, 0.15) is 11.5 Å². The van der Waals surface area contributed by atoms with Crippen LogP contribution in [0.1, 0.15) is 16.9 Å². The number of halogens is 1. The molecule has 0 aliphatic carbocycles. The van der Waals surface area contributed by atoms with Gasteiger partial charge in [-0.15, -0.1) is 5.10 Å². The zero-order chi connectivity index (χ0) is 30.2. The Morgan fingerprint density at radius 1 is 1.07 bits per heavy atom. The van der Waals surface area contributed by atoms with E-state index in [1.54, 1.807) is 78.9 Å². The summed E-state index contributed by atoms with van der Waals surface area (Å²) >= 11 is 7.01. The predicted molar refractivity (Wildman–Crippen MR) is 165 cm³/mol. The molecular formula is C30H22ClN5O6S. The molecule has 1 aromatic heterocycles. The molecule has 1 saturated heterocycles. The number of rotatable bonds is 10. The van der Waals surface area contributed by atoms with Crippen LogP contribution in [0, 0.1) is 10.1 Å². The van der Waals surface area contributed by atoms with Crippen molar-refractivity contribution in [2.24, 2.45) is 10.2 Å². The molecule has 1 aliphatic rings. The number of nitro benzene ring substituents is 1. The van der Waals surface area contributed by atoms with Crippen LogP contribution in [-0.4, -0.2) is 39.6 Å². The molecule has 1 fully saturated rings. The predicted octanol–water partition coefficient (Wildman–Crippen LogP) is 6.37. The Bertz CT molecular complexity index is 1720. The first kappa shape index (κ1) is 29.3. The number of furan rings is 1. The van der Waals surface area contributed by atoms with Crippen LogP contribution in [0.15, 0.2) is 111 Å². The third kappa shape index (κ3) is 7.76. The van der Waals surface area contributed by atoms with Gasteiger partial charge in [-0.3, -0.25) is 24.6 Å². The highest BCUT2D eigenvalue weighted by molar-refractivity contribution is 8.18. The summed E-state index contributed by atoms with van der Waals surface area (Å²) in [6, 6.07) is 23.0. The highest BCUT2D eigenvalue weighted by Gasteiger charge is 2.34. The number of anilines is 1. The van der Waals surface area contributed by atoms with Gasteiger partial charge in [-0.2, -0.15) is 5.10 Å². The van der Waals surface area contributed by atoms with Crippen molar-refractivity contribution in [2.45, 2.75) is 6.54 Å². The van der Waals surface area contributed by atoms with Gasteiger partial charge in [0.15, 0.2) is 11.8 Å². The molecule has 2 heterocycles. The second-order valence-corrected chi connectivity index (χ2v) is 10.4. The number of amides is 2. The Morgan fingerprint density at radius 2 is 1.84 bits per heavy atom. The number of non-ortho nitro benzene ring substituents is 1. The lowest BCUT2D eigenvalue weighted by molar-refractivity contribution is -0.384. The summed E-state index contributed by atoms with van der Waals surface area (Å²) < 4.78 is 11.2. The van der Waals surface area contributed by atoms with Crippen molar-refractivity contribution in [2.75, 3.05) is 11.9 Å². The SMILES string of the molecule is O=C(COc1ccccc1/C=C1\S/C(=N/N=C\c2ccc([N+](=O)[O-])cc2)N(Cc2ccco2)C1=O)Nc1ccc(Cl)cc1. The first-order valence-electron chi connectivity index (χ1n) is 12.7. The Hall–Kier alpha value is -5.20. The van der Waals surface area contributed by atoms with Crippen LogP contribution >= 0.6 is 23.4 Å². The molecule has 216 valence electrons. The number of carbonyl (C=O) groups is 2. The number of benzene rings is 3. The van der Waals surface area contributed by atoms with Crippen LogP contribution in [-0.2, 0) is 16.1 Å². The van der Waals surface area contributed by atoms with E-state index in [0.717, 1.165) is 11.8 Å². The number of nitrogens with one attached hydrogen (secondary N) is 1.